The lowest BCUT2D eigenvalue weighted by Gasteiger charge is -2.40. The van der Waals surface area contributed by atoms with Gasteiger partial charge in [-0.05, 0) is 51.6 Å². The minimum absolute atomic E-state index is 0.0395. The second-order valence-electron chi connectivity index (χ2n) is 6.16. The van der Waals surface area contributed by atoms with Crippen LogP contribution >= 0.6 is 0 Å². The normalized spacial score (nSPS) is 34.8. The van der Waals surface area contributed by atoms with Gasteiger partial charge in [0, 0.05) is 18.4 Å². The zero-order valence-corrected chi connectivity index (χ0v) is 11.7. The van der Waals surface area contributed by atoms with Crippen LogP contribution in [0.25, 0.3) is 0 Å². The Kier molecular flexibility index (Phi) is 3.76. The number of carbonyl (C=O) groups excluding carboxylic acids is 2. The minimum atomic E-state index is -0.0942. The second kappa shape index (κ2) is 5.00. The summed E-state index contributed by atoms with van der Waals surface area (Å²) in [4.78, 5) is 26.0. The van der Waals surface area contributed by atoms with Crippen molar-refractivity contribution in [2.24, 2.45) is 11.3 Å². The fraction of sp³-hybridized carbons (Fsp3) is 0.857. The van der Waals surface area contributed by atoms with Crippen LogP contribution in [0.4, 0.5) is 0 Å². The van der Waals surface area contributed by atoms with E-state index in [4.69, 9.17) is 0 Å². The van der Waals surface area contributed by atoms with Gasteiger partial charge in [0.1, 0.15) is 0 Å². The Labute approximate surface area is 109 Å². The van der Waals surface area contributed by atoms with Gasteiger partial charge in [-0.2, -0.15) is 0 Å². The van der Waals surface area contributed by atoms with Crippen LogP contribution in [0.3, 0.4) is 0 Å². The predicted molar refractivity (Wildman–Crippen MR) is 69.9 cm³/mol. The maximum Gasteiger partial charge on any atom is 0.229 e. The Morgan fingerprint density at radius 1 is 1.28 bits per heavy atom. The molecule has 4 heteroatoms. The molecule has 0 aromatic carbocycles. The lowest BCUT2D eigenvalue weighted by atomic mass is 9.66. The minimum Gasteiger partial charge on any atom is -0.301 e. The number of nitrogens with zero attached hydrogens (tertiary/aromatic N) is 1. The number of imide groups is 1. The van der Waals surface area contributed by atoms with Gasteiger partial charge in [0.2, 0.25) is 11.8 Å². The molecule has 2 amide bonds. The molecule has 0 aromatic rings. The van der Waals surface area contributed by atoms with Gasteiger partial charge in [-0.1, -0.05) is 6.92 Å². The topological polar surface area (TPSA) is 49.4 Å². The summed E-state index contributed by atoms with van der Waals surface area (Å²) in [5.74, 6) is -0.206. The lowest BCUT2D eigenvalue weighted by molar-refractivity contribution is -0.143. The molecule has 0 saturated carbocycles. The van der Waals surface area contributed by atoms with Crippen molar-refractivity contribution in [3.63, 3.8) is 0 Å². The first-order valence-corrected chi connectivity index (χ1v) is 7.02. The van der Waals surface area contributed by atoms with Crippen LogP contribution in [-0.4, -0.2) is 35.8 Å². The van der Waals surface area contributed by atoms with E-state index in [9.17, 15) is 9.59 Å². The van der Waals surface area contributed by atoms with E-state index in [0.29, 0.717) is 12.5 Å². The largest absolute Gasteiger partial charge is 0.301 e. The molecule has 0 aliphatic carbocycles. The van der Waals surface area contributed by atoms with E-state index in [1.54, 1.807) is 0 Å². The molecule has 2 heterocycles. The molecule has 0 radical (unpaired) electrons. The first-order chi connectivity index (χ1) is 8.44. The van der Waals surface area contributed by atoms with Crippen molar-refractivity contribution in [1.82, 2.24) is 10.2 Å². The van der Waals surface area contributed by atoms with Gasteiger partial charge in [-0.25, -0.2) is 0 Å². The highest BCUT2D eigenvalue weighted by Gasteiger charge is 2.46. The first-order valence-electron chi connectivity index (χ1n) is 7.02. The van der Waals surface area contributed by atoms with Gasteiger partial charge in [0.15, 0.2) is 0 Å². The summed E-state index contributed by atoms with van der Waals surface area (Å²) >= 11 is 0. The van der Waals surface area contributed by atoms with Crippen molar-refractivity contribution in [3.05, 3.63) is 0 Å². The zero-order valence-electron chi connectivity index (χ0n) is 11.7. The van der Waals surface area contributed by atoms with Crippen LogP contribution in [0.5, 0.6) is 0 Å². The number of hydrogen-bond donors (Lipinski definition) is 1. The van der Waals surface area contributed by atoms with Crippen LogP contribution in [0.1, 0.15) is 46.5 Å². The third kappa shape index (κ3) is 2.44. The highest BCUT2D eigenvalue weighted by molar-refractivity contribution is 5.99. The van der Waals surface area contributed by atoms with E-state index >= 15 is 0 Å². The number of carbonyl (C=O) groups is 2. The van der Waals surface area contributed by atoms with Crippen LogP contribution in [-0.2, 0) is 9.59 Å². The fourth-order valence-electron chi connectivity index (χ4n) is 3.40. The Hall–Kier alpha value is -0.900. The first kappa shape index (κ1) is 13.5. The van der Waals surface area contributed by atoms with Crippen molar-refractivity contribution in [2.75, 3.05) is 13.1 Å². The highest BCUT2D eigenvalue weighted by atomic mass is 16.2. The molecule has 102 valence electrons. The molecule has 2 saturated heterocycles. The number of nitrogens with one attached hydrogen (secondary N) is 1. The summed E-state index contributed by atoms with van der Waals surface area (Å²) < 4.78 is 0. The Bertz CT molecular complexity index is 354. The maximum atomic E-state index is 11.9. The monoisotopic (exact) mass is 252 g/mol. The van der Waals surface area contributed by atoms with Crippen molar-refractivity contribution in [1.29, 1.82) is 0 Å². The zero-order chi connectivity index (χ0) is 13.3. The van der Waals surface area contributed by atoms with E-state index in [0.717, 1.165) is 32.4 Å². The summed E-state index contributed by atoms with van der Waals surface area (Å²) in [6.45, 7) is 8.48. The second-order valence-corrected chi connectivity index (χ2v) is 6.16. The van der Waals surface area contributed by atoms with E-state index in [-0.39, 0.29) is 23.1 Å². The maximum absolute atomic E-state index is 11.9. The molecule has 2 rings (SSSR count). The Morgan fingerprint density at radius 2 is 2.00 bits per heavy atom. The molecule has 0 bridgehead atoms. The number of piperidine rings is 1. The van der Waals surface area contributed by atoms with Crippen molar-refractivity contribution >= 4 is 11.8 Å². The molecular formula is C14H24N2O2. The van der Waals surface area contributed by atoms with E-state index in [1.807, 2.05) is 6.92 Å². The lowest BCUT2D eigenvalue weighted by Crippen LogP contribution is -2.51. The Balaban J connectivity index is 2.15. The number of hydrogen-bond acceptors (Lipinski definition) is 3. The van der Waals surface area contributed by atoms with Gasteiger partial charge in [0.05, 0.1) is 0 Å². The molecular weight excluding hydrogens is 228 g/mol. The van der Waals surface area contributed by atoms with Gasteiger partial charge in [-0.15, -0.1) is 0 Å². The highest BCUT2D eigenvalue weighted by Crippen LogP contribution is 2.44. The summed E-state index contributed by atoms with van der Waals surface area (Å²) in [5, 5.41) is 2.46. The van der Waals surface area contributed by atoms with Crippen LogP contribution in [0, 0.1) is 11.3 Å². The van der Waals surface area contributed by atoms with Crippen molar-refractivity contribution in [3.8, 4) is 0 Å². The average Bonchev–Trinajstić information content (AvgIpc) is 2.49. The number of rotatable bonds is 1. The SMILES string of the molecule is CC(C)N1CCCC2(CC1)CC(=O)NC(=O)C2C. The summed E-state index contributed by atoms with van der Waals surface area (Å²) in [6, 6.07) is 0.545. The fourth-order valence-corrected chi connectivity index (χ4v) is 3.40. The summed E-state index contributed by atoms with van der Waals surface area (Å²) in [6.07, 6.45) is 3.57. The third-order valence-electron chi connectivity index (χ3n) is 4.83. The molecule has 1 N–H and O–H groups in total. The summed E-state index contributed by atoms with van der Waals surface area (Å²) in [5.41, 5.74) is -0.0942. The van der Waals surface area contributed by atoms with Crippen molar-refractivity contribution < 1.29 is 9.59 Å². The predicted octanol–water partition coefficient (Wildman–Crippen LogP) is 1.55. The molecule has 2 fully saturated rings. The van der Waals surface area contributed by atoms with E-state index < -0.39 is 0 Å². The smallest absolute Gasteiger partial charge is 0.229 e. The molecule has 2 atom stereocenters. The molecule has 2 unspecified atom stereocenters. The van der Waals surface area contributed by atoms with Crippen molar-refractivity contribution in [2.45, 2.75) is 52.5 Å². The van der Waals surface area contributed by atoms with E-state index in [1.165, 1.54) is 0 Å². The quantitative estimate of drug-likeness (QED) is 0.720. The van der Waals surface area contributed by atoms with Gasteiger partial charge < -0.3 is 4.90 Å². The number of amides is 2. The molecule has 2 aliphatic heterocycles. The Morgan fingerprint density at radius 3 is 2.67 bits per heavy atom. The molecule has 2 aliphatic rings. The molecule has 18 heavy (non-hydrogen) atoms. The van der Waals surface area contributed by atoms with Gasteiger partial charge in [0.25, 0.3) is 0 Å². The molecule has 1 spiro atoms. The third-order valence-corrected chi connectivity index (χ3v) is 4.83. The van der Waals surface area contributed by atoms with Gasteiger partial charge in [-0.3, -0.25) is 14.9 Å². The van der Waals surface area contributed by atoms with Crippen LogP contribution < -0.4 is 5.32 Å². The van der Waals surface area contributed by atoms with Gasteiger partial charge >= 0.3 is 0 Å². The van der Waals surface area contributed by atoms with E-state index in [2.05, 4.69) is 24.1 Å². The molecule has 0 aromatic heterocycles. The standard InChI is InChI=1S/C14H24N2O2/c1-10(2)16-7-4-5-14(6-8-16)9-12(17)15-13(18)11(14)3/h10-11H,4-9H2,1-3H3,(H,15,17,18). The van der Waals surface area contributed by atoms with Crippen LogP contribution in [0.2, 0.25) is 0 Å². The summed E-state index contributed by atoms with van der Waals surface area (Å²) in [7, 11) is 0. The van der Waals surface area contributed by atoms with Crippen LogP contribution in [0.15, 0.2) is 0 Å². The average molecular weight is 252 g/mol. The molecule has 4 nitrogen and oxygen atoms in total. The number of likely N-dealkylation sites (tertiary alicyclic amines) is 1.